The van der Waals surface area contributed by atoms with E-state index in [4.69, 9.17) is 5.73 Å². The molecule has 2 heteroatoms. The van der Waals surface area contributed by atoms with Crippen LogP contribution in [0.4, 0.5) is 4.39 Å². The smallest absolute Gasteiger partial charge is 0.128 e. The molecule has 0 aliphatic carbocycles. The van der Waals surface area contributed by atoms with Gasteiger partial charge < -0.3 is 5.73 Å². The van der Waals surface area contributed by atoms with E-state index in [1.54, 1.807) is 6.07 Å². The number of rotatable bonds is 3. The summed E-state index contributed by atoms with van der Waals surface area (Å²) in [5.41, 5.74) is 8.62. The molecule has 0 saturated carbocycles. The highest BCUT2D eigenvalue weighted by atomic mass is 19.1. The van der Waals surface area contributed by atoms with E-state index in [1.807, 2.05) is 19.9 Å². The Hall–Kier alpha value is -0.890. The van der Waals surface area contributed by atoms with Crippen molar-refractivity contribution in [2.24, 2.45) is 5.73 Å². The van der Waals surface area contributed by atoms with Crippen molar-refractivity contribution >= 4 is 0 Å². The predicted molar refractivity (Wildman–Crippen MR) is 57.7 cm³/mol. The Labute approximate surface area is 85.1 Å². The van der Waals surface area contributed by atoms with Gasteiger partial charge >= 0.3 is 0 Å². The van der Waals surface area contributed by atoms with Crippen molar-refractivity contribution in [1.29, 1.82) is 0 Å². The Balaban J connectivity index is 3.02. The first kappa shape index (κ1) is 11.2. The Morgan fingerprint density at radius 3 is 2.43 bits per heavy atom. The van der Waals surface area contributed by atoms with Crippen molar-refractivity contribution in [2.75, 3.05) is 0 Å². The van der Waals surface area contributed by atoms with Gasteiger partial charge in [0.05, 0.1) is 0 Å². The summed E-state index contributed by atoms with van der Waals surface area (Å²) in [5.74, 6) is -0.172. The average Bonchev–Trinajstić information content (AvgIpc) is 2.11. The van der Waals surface area contributed by atoms with E-state index >= 15 is 0 Å². The second-order valence-corrected chi connectivity index (χ2v) is 3.85. The third-order valence-corrected chi connectivity index (χ3v) is 2.61. The molecule has 78 valence electrons. The molecule has 0 heterocycles. The summed E-state index contributed by atoms with van der Waals surface area (Å²) in [5, 5.41) is 0. The lowest BCUT2D eigenvalue weighted by Gasteiger charge is -2.13. The van der Waals surface area contributed by atoms with Gasteiger partial charge in [0.1, 0.15) is 5.82 Å². The maximum atomic E-state index is 13.5. The van der Waals surface area contributed by atoms with E-state index < -0.39 is 0 Å². The van der Waals surface area contributed by atoms with Gasteiger partial charge in [0.15, 0.2) is 0 Å². The Kier molecular flexibility index (Phi) is 3.64. The molecule has 2 N–H and O–H groups in total. The molecule has 14 heavy (non-hydrogen) atoms. The number of benzene rings is 1. The summed E-state index contributed by atoms with van der Waals surface area (Å²) in [6, 6.07) is 3.27. The molecule has 0 bridgehead atoms. The zero-order chi connectivity index (χ0) is 10.7. The molecule has 1 aromatic rings. The largest absolute Gasteiger partial charge is 0.324 e. The Morgan fingerprint density at radius 2 is 1.86 bits per heavy atom. The molecule has 0 saturated heterocycles. The van der Waals surface area contributed by atoms with Crippen LogP contribution in [0.3, 0.4) is 0 Å². The maximum Gasteiger partial charge on any atom is 0.128 e. The molecule has 0 aliphatic heterocycles. The molecular weight excluding hydrogens is 177 g/mol. The summed E-state index contributed by atoms with van der Waals surface area (Å²) in [6.45, 7) is 5.95. The highest BCUT2D eigenvalue weighted by Gasteiger charge is 2.11. The fraction of sp³-hybridized carbons (Fsp3) is 0.500. The van der Waals surface area contributed by atoms with E-state index in [2.05, 4.69) is 6.92 Å². The minimum Gasteiger partial charge on any atom is -0.324 e. The molecule has 0 spiro atoms. The van der Waals surface area contributed by atoms with Gasteiger partial charge in [0, 0.05) is 11.6 Å². The Bertz CT molecular complexity index is 320. The van der Waals surface area contributed by atoms with Gasteiger partial charge in [0.25, 0.3) is 0 Å². The van der Waals surface area contributed by atoms with Crippen LogP contribution >= 0.6 is 0 Å². The highest BCUT2D eigenvalue weighted by molar-refractivity contribution is 5.32. The lowest BCUT2D eigenvalue weighted by Crippen LogP contribution is -2.12. The molecular formula is C12H18FN. The minimum absolute atomic E-state index is 0.167. The van der Waals surface area contributed by atoms with Crippen LogP contribution < -0.4 is 5.73 Å². The second kappa shape index (κ2) is 4.56. The molecule has 0 fully saturated rings. The van der Waals surface area contributed by atoms with Gasteiger partial charge in [-0.3, -0.25) is 0 Å². The van der Waals surface area contributed by atoms with Crippen molar-refractivity contribution in [1.82, 2.24) is 0 Å². The van der Waals surface area contributed by atoms with Gasteiger partial charge in [-0.1, -0.05) is 19.4 Å². The van der Waals surface area contributed by atoms with Gasteiger partial charge in [-0.2, -0.15) is 0 Å². The van der Waals surface area contributed by atoms with Crippen LogP contribution in [0.15, 0.2) is 12.1 Å². The first-order chi connectivity index (χ1) is 6.56. The summed E-state index contributed by atoms with van der Waals surface area (Å²) < 4.78 is 13.5. The van der Waals surface area contributed by atoms with E-state index in [1.165, 1.54) is 0 Å². The van der Waals surface area contributed by atoms with E-state index in [0.717, 1.165) is 24.0 Å². The standard InChI is InChI=1S/C12H18FN/c1-4-5-12(14)10-6-8(2)9(3)7-11(10)13/h6-7,12H,4-5,14H2,1-3H3. The molecule has 1 rings (SSSR count). The van der Waals surface area contributed by atoms with Crippen LogP contribution in [0.2, 0.25) is 0 Å². The van der Waals surface area contributed by atoms with Gasteiger partial charge in [-0.05, 0) is 37.5 Å². The van der Waals surface area contributed by atoms with Gasteiger partial charge in [-0.25, -0.2) is 4.39 Å². The number of hydrogen-bond donors (Lipinski definition) is 1. The molecule has 1 atom stereocenters. The topological polar surface area (TPSA) is 26.0 Å². The van der Waals surface area contributed by atoms with Crippen LogP contribution in [0.5, 0.6) is 0 Å². The normalized spacial score (nSPS) is 12.9. The maximum absolute atomic E-state index is 13.5. The minimum atomic E-state index is -0.172. The van der Waals surface area contributed by atoms with E-state index in [9.17, 15) is 4.39 Å². The number of halogens is 1. The van der Waals surface area contributed by atoms with Crippen molar-refractivity contribution in [3.05, 3.63) is 34.6 Å². The zero-order valence-electron chi connectivity index (χ0n) is 9.10. The highest BCUT2D eigenvalue weighted by Crippen LogP contribution is 2.22. The molecule has 0 aliphatic rings. The van der Waals surface area contributed by atoms with Crippen molar-refractivity contribution in [2.45, 2.75) is 39.7 Å². The van der Waals surface area contributed by atoms with Crippen molar-refractivity contribution < 1.29 is 4.39 Å². The van der Waals surface area contributed by atoms with Crippen LogP contribution in [0.25, 0.3) is 0 Å². The van der Waals surface area contributed by atoms with E-state index in [0.29, 0.717) is 5.56 Å². The lowest BCUT2D eigenvalue weighted by molar-refractivity contribution is 0.558. The van der Waals surface area contributed by atoms with Crippen LogP contribution in [0, 0.1) is 19.7 Å². The number of hydrogen-bond acceptors (Lipinski definition) is 1. The first-order valence-electron chi connectivity index (χ1n) is 5.08. The van der Waals surface area contributed by atoms with Gasteiger partial charge in [-0.15, -0.1) is 0 Å². The molecule has 0 aromatic heterocycles. The molecule has 1 unspecified atom stereocenters. The average molecular weight is 195 g/mol. The fourth-order valence-electron chi connectivity index (χ4n) is 1.55. The zero-order valence-corrected chi connectivity index (χ0v) is 9.10. The van der Waals surface area contributed by atoms with Crippen molar-refractivity contribution in [3.63, 3.8) is 0 Å². The predicted octanol–water partition coefficient (Wildman–Crippen LogP) is 3.24. The third-order valence-electron chi connectivity index (χ3n) is 2.61. The first-order valence-corrected chi connectivity index (χ1v) is 5.08. The van der Waals surface area contributed by atoms with E-state index in [-0.39, 0.29) is 11.9 Å². The molecule has 1 aromatic carbocycles. The lowest BCUT2D eigenvalue weighted by atomic mass is 9.98. The molecule has 1 nitrogen and oxygen atoms in total. The summed E-state index contributed by atoms with van der Waals surface area (Å²) in [7, 11) is 0. The SMILES string of the molecule is CCCC(N)c1cc(C)c(C)cc1F. The summed E-state index contributed by atoms with van der Waals surface area (Å²) in [4.78, 5) is 0. The van der Waals surface area contributed by atoms with Crippen LogP contribution in [-0.4, -0.2) is 0 Å². The summed E-state index contributed by atoms with van der Waals surface area (Å²) in [6.07, 6.45) is 1.81. The number of aryl methyl sites for hydroxylation is 2. The van der Waals surface area contributed by atoms with Crippen LogP contribution in [-0.2, 0) is 0 Å². The fourth-order valence-corrected chi connectivity index (χ4v) is 1.55. The molecule has 0 radical (unpaired) electrons. The Morgan fingerprint density at radius 1 is 1.29 bits per heavy atom. The quantitative estimate of drug-likeness (QED) is 0.787. The summed E-state index contributed by atoms with van der Waals surface area (Å²) >= 11 is 0. The van der Waals surface area contributed by atoms with Crippen molar-refractivity contribution in [3.8, 4) is 0 Å². The third kappa shape index (κ3) is 2.32. The molecule has 0 amide bonds. The second-order valence-electron chi connectivity index (χ2n) is 3.85. The van der Waals surface area contributed by atoms with Gasteiger partial charge in [0.2, 0.25) is 0 Å². The van der Waals surface area contributed by atoms with Crippen LogP contribution in [0.1, 0.15) is 42.5 Å². The monoisotopic (exact) mass is 195 g/mol. The number of nitrogens with two attached hydrogens (primary N) is 1.